The molecular weight excluding hydrogens is 232 g/mol. The van der Waals surface area contributed by atoms with Crippen LogP contribution in [0.1, 0.15) is 21.9 Å². The molecule has 0 fully saturated rings. The Bertz CT molecular complexity index is 557. The fraction of sp³-hybridized carbons (Fsp3) is 0.167. The highest BCUT2D eigenvalue weighted by Crippen LogP contribution is 2.10. The van der Waals surface area contributed by atoms with Crippen molar-refractivity contribution in [2.75, 3.05) is 12.8 Å². The summed E-state index contributed by atoms with van der Waals surface area (Å²) in [7, 11) is 1.28. The molecule has 92 valence electrons. The maximum absolute atomic E-state index is 11.3. The van der Waals surface area contributed by atoms with Gasteiger partial charge in [-0.15, -0.1) is 0 Å². The zero-order valence-electron chi connectivity index (χ0n) is 9.83. The maximum Gasteiger partial charge on any atom is 0.343 e. The van der Waals surface area contributed by atoms with E-state index in [4.69, 9.17) is 5.73 Å². The molecule has 0 saturated carbocycles. The quantitative estimate of drug-likeness (QED) is 0.804. The van der Waals surface area contributed by atoms with Gasteiger partial charge in [0.25, 0.3) is 0 Å². The Balaban J connectivity index is 2.22. The molecule has 0 unspecified atom stereocenters. The Morgan fingerprint density at radius 2 is 2.22 bits per heavy atom. The molecule has 2 N–H and O–H groups in total. The summed E-state index contributed by atoms with van der Waals surface area (Å²) in [4.78, 5) is 23.6. The van der Waals surface area contributed by atoms with E-state index in [0.29, 0.717) is 12.2 Å². The van der Waals surface area contributed by atoms with Crippen LogP contribution in [0.3, 0.4) is 0 Å². The monoisotopic (exact) mass is 244 g/mol. The van der Waals surface area contributed by atoms with E-state index in [1.54, 1.807) is 6.20 Å². The van der Waals surface area contributed by atoms with Crippen molar-refractivity contribution in [2.45, 2.75) is 6.42 Å². The molecule has 2 aromatic heterocycles. The van der Waals surface area contributed by atoms with Crippen molar-refractivity contribution < 1.29 is 9.53 Å². The molecule has 0 spiro atoms. The Kier molecular flexibility index (Phi) is 3.47. The molecule has 0 aromatic carbocycles. The van der Waals surface area contributed by atoms with Crippen molar-refractivity contribution in [3.8, 4) is 0 Å². The minimum atomic E-state index is -0.545. The Hall–Kier alpha value is -2.50. The van der Waals surface area contributed by atoms with E-state index in [9.17, 15) is 4.79 Å². The molecule has 6 nitrogen and oxygen atoms in total. The van der Waals surface area contributed by atoms with Gasteiger partial charge in [0.05, 0.1) is 13.5 Å². The molecule has 0 bridgehead atoms. The zero-order valence-corrected chi connectivity index (χ0v) is 9.83. The number of nitrogen functional groups attached to an aromatic ring is 1. The van der Waals surface area contributed by atoms with Crippen LogP contribution in [0, 0.1) is 0 Å². The van der Waals surface area contributed by atoms with Gasteiger partial charge in [-0.3, -0.25) is 4.98 Å². The standard InChI is InChI=1S/C12H12N4O2/c1-18-12(17)9-7-15-10(16-11(9)13)6-8-4-2-3-5-14-8/h2-5,7H,6H2,1H3,(H2,13,15,16). The molecule has 0 radical (unpaired) electrons. The van der Waals surface area contributed by atoms with Crippen LogP contribution >= 0.6 is 0 Å². The Labute approximate surface area is 104 Å². The first-order valence-electron chi connectivity index (χ1n) is 5.30. The van der Waals surface area contributed by atoms with Gasteiger partial charge in [-0.25, -0.2) is 14.8 Å². The highest BCUT2D eigenvalue weighted by atomic mass is 16.5. The minimum absolute atomic E-state index is 0.114. The van der Waals surface area contributed by atoms with E-state index in [2.05, 4.69) is 19.7 Å². The number of carbonyl (C=O) groups is 1. The molecule has 0 atom stereocenters. The third-order valence-corrected chi connectivity index (χ3v) is 2.34. The number of nitrogens with two attached hydrogens (primary N) is 1. The highest BCUT2D eigenvalue weighted by Gasteiger charge is 2.12. The molecule has 0 saturated heterocycles. The lowest BCUT2D eigenvalue weighted by Crippen LogP contribution is -2.10. The van der Waals surface area contributed by atoms with E-state index < -0.39 is 5.97 Å². The number of hydrogen-bond donors (Lipinski definition) is 1. The molecule has 6 heteroatoms. The van der Waals surface area contributed by atoms with Crippen LogP contribution < -0.4 is 5.73 Å². The summed E-state index contributed by atoms with van der Waals surface area (Å²) >= 11 is 0. The number of rotatable bonds is 3. The van der Waals surface area contributed by atoms with E-state index in [0.717, 1.165) is 5.69 Å². The summed E-state index contributed by atoms with van der Waals surface area (Å²) in [6.07, 6.45) is 3.53. The van der Waals surface area contributed by atoms with Crippen LogP contribution in [0.15, 0.2) is 30.6 Å². The molecule has 0 aliphatic rings. The van der Waals surface area contributed by atoms with Crippen molar-refractivity contribution >= 4 is 11.8 Å². The number of methoxy groups -OCH3 is 1. The van der Waals surface area contributed by atoms with Crippen LogP contribution in [-0.4, -0.2) is 28.0 Å². The van der Waals surface area contributed by atoms with Crippen molar-refractivity contribution in [3.63, 3.8) is 0 Å². The van der Waals surface area contributed by atoms with Gasteiger partial charge in [0.1, 0.15) is 17.2 Å². The first-order chi connectivity index (χ1) is 8.70. The Morgan fingerprint density at radius 1 is 1.39 bits per heavy atom. The van der Waals surface area contributed by atoms with Gasteiger partial charge < -0.3 is 10.5 Å². The molecule has 0 aliphatic carbocycles. The minimum Gasteiger partial charge on any atom is -0.465 e. The van der Waals surface area contributed by atoms with E-state index >= 15 is 0 Å². The van der Waals surface area contributed by atoms with E-state index in [-0.39, 0.29) is 11.4 Å². The SMILES string of the molecule is COC(=O)c1cnc(Cc2ccccn2)nc1N. The number of pyridine rings is 1. The molecule has 0 aliphatic heterocycles. The van der Waals surface area contributed by atoms with Gasteiger partial charge in [-0.1, -0.05) is 6.07 Å². The van der Waals surface area contributed by atoms with Gasteiger partial charge in [-0.05, 0) is 12.1 Å². The topological polar surface area (TPSA) is 91.0 Å². The predicted molar refractivity (Wildman–Crippen MR) is 64.8 cm³/mol. The number of ether oxygens (including phenoxy) is 1. The number of esters is 1. The van der Waals surface area contributed by atoms with Crippen molar-refractivity contribution in [3.05, 3.63) is 47.7 Å². The lowest BCUT2D eigenvalue weighted by molar-refractivity contribution is 0.0601. The molecule has 18 heavy (non-hydrogen) atoms. The van der Waals surface area contributed by atoms with Crippen molar-refractivity contribution in [2.24, 2.45) is 0 Å². The summed E-state index contributed by atoms with van der Waals surface area (Å²) in [6, 6.07) is 5.58. The van der Waals surface area contributed by atoms with Gasteiger partial charge in [0, 0.05) is 18.1 Å². The average Bonchev–Trinajstić information content (AvgIpc) is 2.39. The summed E-state index contributed by atoms with van der Waals surface area (Å²) in [6.45, 7) is 0. The second kappa shape index (κ2) is 5.22. The van der Waals surface area contributed by atoms with Crippen LogP contribution in [-0.2, 0) is 11.2 Å². The number of aromatic nitrogens is 3. The van der Waals surface area contributed by atoms with Gasteiger partial charge >= 0.3 is 5.97 Å². The van der Waals surface area contributed by atoms with Crippen molar-refractivity contribution in [1.29, 1.82) is 0 Å². The molecule has 2 heterocycles. The van der Waals surface area contributed by atoms with Crippen LogP contribution in [0.25, 0.3) is 0 Å². The normalized spacial score (nSPS) is 10.1. The van der Waals surface area contributed by atoms with E-state index in [1.165, 1.54) is 13.3 Å². The lowest BCUT2D eigenvalue weighted by Gasteiger charge is -2.04. The largest absolute Gasteiger partial charge is 0.465 e. The lowest BCUT2D eigenvalue weighted by atomic mass is 10.2. The molecule has 2 rings (SSSR count). The number of carbonyl (C=O) groups excluding carboxylic acids is 1. The second-order valence-corrected chi connectivity index (χ2v) is 3.57. The Morgan fingerprint density at radius 3 is 2.83 bits per heavy atom. The number of hydrogen-bond acceptors (Lipinski definition) is 6. The maximum atomic E-state index is 11.3. The van der Waals surface area contributed by atoms with Crippen LogP contribution in [0.4, 0.5) is 5.82 Å². The molecular formula is C12H12N4O2. The van der Waals surface area contributed by atoms with Crippen LogP contribution in [0.2, 0.25) is 0 Å². The smallest absolute Gasteiger partial charge is 0.343 e. The second-order valence-electron chi connectivity index (χ2n) is 3.57. The van der Waals surface area contributed by atoms with Crippen LogP contribution in [0.5, 0.6) is 0 Å². The average molecular weight is 244 g/mol. The first kappa shape index (κ1) is 12.0. The zero-order chi connectivity index (χ0) is 13.0. The number of nitrogens with zero attached hydrogens (tertiary/aromatic N) is 3. The fourth-order valence-electron chi connectivity index (χ4n) is 1.45. The first-order valence-corrected chi connectivity index (χ1v) is 5.30. The predicted octanol–water partition coefficient (Wildman–Crippen LogP) is 0.831. The summed E-state index contributed by atoms with van der Waals surface area (Å²) in [5.41, 5.74) is 6.68. The van der Waals surface area contributed by atoms with E-state index in [1.807, 2.05) is 18.2 Å². The van der Waals surface area contributed by atoms with Gasteiger partial charge in [0.2, 0.25) is 0 Å². The fourth-order valence-corrected chi connectivity index (χ4v) is 1.45. The molecule has 0 amide bonds. The number of anilines is 1. The summed E-state index contributed by atoms with van der Waals surface area (Å²) in [5, 5.41) is 0. The summed E-state index contributed by atoms with van der Waals surface area (Å²) in [5.74, 6) is 0.0820. The highest BCUT2D eigenvalue weighted by molar-refractivity contribution is 5.93. The molecule has 2 aromatic rings. The van der Waals surface area contributed by atoms with Crippen molar-refractivity contribution in [1.82, 2.24) is 15.0 Å². The third-order valence-electron chi connectivity index (χ3n) is 2.34. The third kappa shape index (κ3) is 2.60. The van der Waals surface area contributed by atoms with Gasteiger partial charge in [0.15, 0.2) is 0 Å². The summed E-state index contributed by atoms with van der Waals surface area (Å²) < 4.78 is 4.56. The van der Waals surface area contributed by atoms with Gasteiger partial charge in [-0.2, -0.15) is 0 Å².